The van der Waals surface area contributed by atoms with Gasteiger partial charge in [-0.3, -0.25) is 4.40 Å². The van der Waals surface area contributed by atoms with Crippen LogP contribution in [0.5, 0.6) is 0 Å². The normalized spacial score (nSPS) is 15.6. The molecule has 1 aromatic carbocycles. The summed E-state index contributed by atoms with van der Waals surface area (Å²) in [5, 5.41) is 4.56. The number of anilines is 1. The average Bonchev–Trinajstić information content (AvgIpc) is 3.01. The van der Waals surface area contributed by atoms with Crippen molar-refractivity contribution in [1.29, 1.82) is 0 Å². The summed E-state index contributed by atoms with van der Waals surface area (Å²) in [7, 11) is 0. The number of aromatic nitrogens is 2. The van der Waals surface area contributed by atoms with E-state index in [-0.39, 0.29) is 0 Å². The maximum absolute atomic E-state index is 6.50. The van der Waals surface area contributed by atoms with Gasteiger partial charge in [-0.05, 0) is 37.5 Å². The van der Waals surface area contributed by atoms with Crippen LogP contribution < -0.4 is 5.32 Å². The van der Waals surface area contributed by atoms with Gasteiger partial charge in [0.15, 0.2) is 0 Å². The van der Waals surface area contributed by atoms with E-state index < -0.39 is 0 Å². The van der Waals surface area contributed by atoms with Crippen molar-refractivity contribution >= 4 is 23.1 Å². The molecule has 3 aromatic rings. The number of nitrogens with zero attached hydrogens (tertiary/aromatic N) is 2. The molecule has 1 N–H and O–H groups in total. The molecule has 0 aliphatic heterocycles. The fourth-order valence-corrected chi connectivity index (χ4v) is 4.08. The van der Waals surface area contributed by atoms with Crippen molar-refractivity contribution < 1.29 is 0 Å². The minimum absolute atomic E-state index is 0.514. The Balaban J connectivity index is 1.89. The van der Waals surface area contributed by atoms with Gasteiger partial charge in [-0.2, -0.15) is 0 Å². The van der Waals surface area contributed by atoms with E-state index in [9.17, 15) is 0 Å². The number of rotatable bonds is 4. The number of hydrogen-bond donors (Lipinski definition) is 1. The highest BCUT2D eigenvalue weighted by Gasteiger charge is 2.21. The summed E-state index contributed by atoms with van der Waals surface area (Å²) in [5.41, 5.74) is 4.19. The van der Waals surface area contributed by atoms with Gasteiger partial charge in [-0.15, -0.1) is 0 Å². The van der Waals surface area contributed by atoms with Crippen LogP contribution in [0.4, 0.5) is 5.82 Å². The van der Waals surface area contributed by atoms with Crippen molar-refractivity contribution in [3.05, 3.63) is 53.2 Å². The second-order valence-corrected chi connectivity index (χ2v) is 7.24. The van der Waals surface area contributed by atoms with Crippen molar-refractivity contribution in [3.8, 4) is 11.3 Å². The minimum Gasteiger partial charge on any atom is -0.367 e. The zero-order chi connectivity index (χ0) is 17.2. The molecule has 0 saturated heterocycles. The van der Waals surface area contributed by atoms with E-state index in [1.54, 1.807) is 0 Å². The number of hydrogen-bond acceptors (Lipinski definition) is 2. The molecule has 0 spiro atoms. The molecule has 25 heavy (non-hydrogen) atoms. The molecule has 1 aliphatic rings. The fraction of sp³-hybridized carbons (Fsp3) is 0.381. The highest BCUT2D eigenvalue weighted by atomic mass is 35.5. The Morgan fingerprint density at radius 1 is 1.08 bits per heavy atom. The summed E-state index contributed by atoms with van der Waals surface area (Å²) < 4.78 is 2.27. The van der Waals surface area contributed by atoms with E-state index in [1.807, 2.05) is 18.2 Å². The Morgan fingerprint density at radius 2 is 1.88 bits per heavy atom. The summed E-state index contributed by atoms with van der Waals surface area (Å²) in [6.07, 6.45) is 7.37. The second kappa shape index (κ2) is 7.09. The van der Waals surface area contributed by atoms with Crippen LogP contribution in [0.15, 0.2) is 42.5 Å². The van der Waals surface area contributed by atoms with Crippen LogP contribution >= 0.6 is 11.6 Å². The molecule has 0 unspecified atom stereocenters. The molecule has 4 rings (SSSR count). The molecule has 0 atom stereocenters. The smallest absolute Gasteiger partial charge is 0.139 e. The quantitative estimate of drug-likeness (QED) is 0.626. The van der Waals surface area contributed by atoms with E-state index in [1.165, 1.54) is 37.8 Å². The van der Waals surface area contributed by atoms with E-state index in [4.69, 9.17) is 16.6 Å². The fourth-order valence-electron chi connectivity index (χ4n) is 3.85. The molecule has 1 fully saturated rings. The molecule has 0 radical (unpaired) electrons. The summed E-state index contributed by atoms with van der Waals surface area (Å²) in [6.45, 7) is 2.19. The lowest BCUT2D eigenvalue weighted by atomic mass is 9.95. The summed E-state index contributed by atoms with van der Waals surface area (Å²) in [6, 6.07) is 14.8. The Hall–Kier alpha value is -2.00. The molecule has 0 bridgehead atoms. The maximum Gasteiger partial charge on any atom is 0.139 e. The SMILES string of the molecule is CCc1cccc2nc(-c3ccccc3Cl)c(NC3CCCCC3)n12. The second-order valence-electron chi connectivity index (χ2n) is 6.83. The van der Waals surface area contributed by atoms with Crippen LogP contribution in [0.3, 0.4) is 0 Å². The van der Waals surface area contributed by atoms with Gasteiger partial charge >= 0.3 is 0 Å². The number of pyridine rings is 1. The maximum atomic E-state index is 6.50. The number of halogens is 1. The molecular formula is C21H24ClN3. The summed E-state index contributed by atoms with van der Waals surface area (Å²) >= 11 is 6.50. The van der Waals surface area contributed by atoms with E-state index in [2.05, 4.69) is 40.9 Å². The zero-order valence-electron chi connectivity index (χ0n) is 14.6. The van der Waals surface area contributed by atoms with Gasteiger partial charge in [0, 0.05) is 17.3 Å². The molecular weight excluding hydrogens is 330 g/mol. The number of benzene rings is 1. The lowest BCUT2D eigenvalue weighted by molar-refractivity contribution is 0.461. The van der Waals surface area contributed by atoms with Crippen LogP contribution in [0, 0.1) is 0 Å². The van der Waals surface area contributed by atoms with Crippen LogP contribution in [0.25, 0.3) is 16.9 Å². The lowest BCUT2D eigenvalue weighted by Crippen LogP contribution is -2.23. The predicted octanol–water partition coefficient (Wildman–Crippen LogP) is 5.96. The largest absolute Gasteiger partial charge is 0.367 e. The van der Waals surface area contributed by atoms with Crippen LogP contribution in [0.1, 0.15) is 44.7 Å². The first-order chi connectivity index (χ1) is 12.3. The Labute approximate surface area is 154 Å². The van der Waals surface area contributed by atoms with Crippen LogP contribution in [0.2, 0.25) is 5.02 Å². The molecule has 130 valence electrons. The zero-order valence-corrected chi connectivity index (χ0v) is 15.4. The third kappa shape index (κ3) is 3.13. The van der Waals surface area contributed by atoms with Crippen molar-refractivity contribution in [2.45, 2.75) is 51.5 Å². The highest BCUT2D eigenvalue weighted by Crippen LogP contribution is 2.35. The highest BCUT2D eigenvalue weighted by molar-refractivity contribution is 6.33. The van der Waals surface area contributed by atoms with Crippen molar-refractivity contribution in [1.82, 2.24) is 9.38 Å². The third-order valence-electron chi connectivity index (χ3n) is 5.16. The van der Waals surface area contributed by atoms with Crippen molar-refractivity contribution in [2.24, 2.45) is 0 Å². The first-order valence-corrected chi connectivity index (χ1v) is 9.67. The predicted molar refractivity (Wildman–Crippen MR) is 106 cm³/mol. The van der Waals surface area contributed by atoms with Gasteiger partial charge in [0.25, 0.3) is 0 Å². The van der Waals surface area contributed by atoms with Gasteiger partial charge < -0.3 is 5.32 Å². The first kappa shape index (κ1) is 16.5. The minimum atomic E-state index is 0.514. The standard InChI is InChI=1S/C21H24ClN3/c1-2-16-11-8-14-19-24-20(17-12-6-7-13-18(17)22)21(25(16)19)23-15-9-4-3-5-10-15/h6-8,11-15,23H,2-5,9-10H2,1H3. The van der Waals surface area contributed by atoms with Gasteiger partial charge in [-0.1, -0.05) is 62.1 Å². The number of nitrogens with one attached hydrogen (secondary N) is 1. The van der Waals surface area contributed by atoms with E-state index >= 15 is 0 Å². The van der Waals surface area contributed by atoms with Gasteiger partial charge in [0.1, 0.15) is 17.2 Å². The Bertz CT molecular complexity index is 878. The van der Waals surface area contributed by atoms with Crippen LogP contribution in [-0.2, 0) is 6.42 Å². The van der Waals surface area contributed by atoms with Gasteiger partial charge in [0.05, 0.1) is 5.02 Å². The topological polar surface area (TPSA) is 29.3 Å². The van der Waals surface area contributed by atoms with Crippen molar-refractivity contribution in [3.63, 3.8) is 0 Å². The molecule has 1 saturated carbocycles. The Morgan fingerprint density at radius 3 is 2.64 bits per heavy atom. The third-order valence-corrected chi connectivity index (χ3v) is 5.49. The van der Waals surface area contributed by atoms with Crippen LogP contribution in [-0.4, -0.2) is 15.4 Å². The number of aryl methyl sites for hydroxylation is 1. The molecule has 2 aromatic heterocycles. The monoisotopic (exact) mass is 353 g/mol. The van der Waals surface area contributed by atoms with E-state index in [0.717, 1.165) is 34.2 Å². The molecule has 2 heterocycles. The summed E-state index contributed by atoms with van der Waals surface area (Å²) in [5.74, 6) is 1.09. The molecule has 3 nitrogen and oxygen atoms in total. The average molecular weight is 354 g/mol. The summed E-state index contributed by atoms with van der Waals surface area (Å²) in [4.78, 5) is 4.93. The lowest BCUT2D eigenvalue weighted by Gasteiger charge is -2.24. The number of fused-ring (bicyclic) bond motifs is 1. The van der Waals surface area contributed by atoms with Gasteiger partial charge in [-0.25, -0.2) is 4.98 Å². The van der Waals surface area contributed by atoms with Gasteiger partial charge in [0.2, 0.25) is 0 Å². The molecule has 0 amide bonds. The van der Waals surface area contributed by atoms with Crippen molar-refractivity contribution in [2.75, 3.05) is 5.32 Å². The first-order valence-electron chi connectivity index (χ1n) is 9.29. The Kier molecular flexibility index (Phi) is 4.67. The molecule has 1 aliphatic carbocycles. The number of imidazole rings is 1. The van der Waals surface area contributed by atoms with E-state index in [0.29, 0.717) is 6.04 Å². The molecule has 4 heteroatoms.